The molecule has 0 aliphatic rings. The van der Waals surface area contributed by atoms with E-state index in [2.05, 4.69) is 55.5 Å². The van der Waals surface area contributed by atoms with Gasteiger partial charge in [-0.2, -0.15) is 0 Å². The molecule has 0 aliphatic heterocycles. The molecule has 2 aromatic rings. The summed E-state index contributed by atoms with van der Waals surface area (Å²) < 4.78 is 5.13. The lowest BCUT2D eigenvalue weighted by Crippen LogP contribution is -1.83. The van der Waals surface area contributed by atoms with E-state index < -0.39 is 0 Å². The topological polar surface area (TPSA) is 9.23 Å². The van der Waals surface area contributed by atoms with Crippen molar-refractivity contribution in [3.8, 4) is 5.75 Å². The quantitative estimate of drug-likeness (QED) is 0.773. The van der Waals surface area contributed by atoms with Gasteiger partial charge in [-0.3, -0.25) is 0 Å². The molecule has 1 nitrogen and oxygen atoms in total. The second-order valence-corrected chi connectivity index (χ2v) is 4.37. The van der Waals surface area contributed by atoms with Crippen LogP contribution in [0, 0.1) is 6.92 Å². The van der Waals surface area contributed by atoms with Crippen LogP contribution < -0.4 is 4.74 Å². The second-order valence-electron chi connectivity index (χ2n) is 4.37. The fraction of sp³-hybridized carbons (Fsp3) is 0.176. The van der Waals surface area contributed by atoms with E-state index in [9.17, 15) is 0 Å². The predicted molar refractivity (Wildman–Crippen MR) is 76.9 cm³/mol. The number of hydrogen-bond acceptors (Lipinski definition) is 1. The molecule has 0 aromatic heterocycles. The van der Waals surface area contributed by atoms with E-state index in [-0.39, 0.29) is 0 Å². The first-order valence-corrected chi connectivity index (χ1v) is 6.14. The number of methoxy groups -OCH3 is 1. The molecular weight excluding hydrogens is 220 g/mol. The summed E-state index contributed by atoms with van der Waals surface area (Å²) in [6.07, 6.45) is 5.30. The van der Waals surface area contributed by atoms with E-state index in [1.54, 1.807) is 7.11 Å². The molecule has 0 fully saturated rings. The van der Waals surface area contributed by atoms with Gasteiger partial charge in [-0.1, -0.05) is 54.1 Å². The second kappa shape index (κ2) is 6.06. The maximum atomic E-state index is 5.13. The molecule has 0 radical (unpaired) electrons. The lowest BCUT2D eigenvalue weighted by Gasteiger charge is -2.00. The Kier molecular flexibility index (Phi) is 4.19. The predicted octanol–water partition coefficient (Wildman–Crippen LogP) is 4.26. The first kappa shape index (κ1) is 12.4. The zero-order valence-electron chi connectivity index (χ0n) is 10.9. The average molecular weight is 238 g/mol. The average Bonchev–Trinajstić information content (AvgIpc) is 2.40. The molecular formula is C17H18O. The van der Waals surface area contributed by atoms with Gasteiger partial charge in [-0.05, 0) is 36.6 Å². The maximum absolute atomic E-state index is 5.13. The Morgan fingerprint density at radius 2 is 1.83 bits per heavy atom. The summed E-state index contributed by atoms with van der Waals surface area (Å²) in [5, 5.41) is 0. The third-order valence-electron chi connectivity index (χ3n) is 2.86. The van der Waals surface area contributed by atoms with Crippen LogP contribution in [-0.2, 0) is 6.42 Å². The number of rotatable bonds is 4. The van der Waals surface area contributed by atoms with Gasteiger partial charge in [0.1, 0.15) is 5.75 Å². The van der Waals surface area contributed by atoms with Crippen molar-refractivity contribution in [2.45, 2.75) is 13.3 Å². The molecule has 0 unspecified atom stereocenters. The van der Waals surface area contributed by atoms with E-state index in [0.29, 0.717) is 0 Å². The van der Waals surface area contributed by atoms with Crippen molar-refractivity contribution in [2.75, 3.05) is 7.11 Å². The van der Waals surface area contributed by atoms with E-state index in [4.69, 9.17) is 4.74 Å². The first-order valence-electron chi connectivity index (χ1n) is 6.14. The van der Waals surface area contributed by atoms with Crippen molar-refractivity contribution in [2.24, 2.45) is 0 Å². The Labute approximate surface area is 109 Å². The molecule has 0 N–H and O–H groups in total. The van der Waals surface area contributed by atoms with Gasteiger partial charge in [-0.15, -0.1) is 0 Å². The molecule has 0 heterocycles. The molecule has 0 atom stereocenters. The van der Waals surface area contributed by atoms with Crippen LogP contribution in [0.2, 0.25) is 0 Å². The van der Waals surface area contributed by atoms with Gasteiger partial charge in [-0.25, -0.2) is 0 Å². The molecule has 0 saturated carbocycles. The monoisotopic (exact) mass is 238 g/mol. The summed E-state index contributed by atoms with van der Waals surface area (Å²) in [6.45, 7) is 2.12. The summed E-state index contributed by atoms with van der Waals surface area (Å²) in [5.74, 6) is 0.894. The van der Waals surface area contributed by atoms with Crippen LogP contribution in [0.1, 0.15) is 16.7 Å². The summed E-state index contributed by atoms with van der Waals surface area (Å²) in [5.41, 5.74) is 3.86. The zero-order chi connectivity index (χ0) is 12.8. The molecule has 92 valence electrons. The SMILES string of the molecule is COc1ccc(C=CCc2cccc(C)c2)cc1. The molecule has 0 aliphatic carbocycles. The summed E-state index contributed by atoms with van der Waals surface area (Å²) in [4.78, 5) is 0. The van der Waals surface area contributed by atoms with Crippen molar-refractivity contribution >= 4 is 6.08 Å². The first-order chi connectivity index (χ1) is 8.78. The Bertz CT molecular complexity index is 524. The minimum absolute atomic E-state index is 0.894. The molecule has 0 bridgehead atoms. The van der Waals surface area contributed by atoms with Crippen LogP contribution in [0.5, 0.6) is 5.75 Å². The fourth-order valence-electron chi connectivity index (χ4n) is 1.89. The molecule has 1 heteroatoms. The van der Waals surface area contributed by atoms with Crippen molar-refractivity contribution < 1.29 is 4.74 Å². The van der Waals surface area contributed by atoms with Gasteiger partial charge in [0.15, 0.2) is 0 Å². The van der Waals surface area contributed by atoms with Gasteiger partial charge >= 0.3 is 0 Å². The van der Waals surface area contributed by atoms with Crippen molar-refractivity contribution in [3.05, 3.63) is 71.3 Å². The minimum Gasteiger partial charge on any atom is -0.497 e. The highest BCUT2D eigenvalue weighted by Crippen LogP contribution is 2.13. The standard InChI is InChI=1S/C17H18O/c1-14-5-3-7-16(13-14)8-4-6-15-9-11-17(18-2)12-10-15/h3-7,9-13H,8H2,1-2H3. The van der Waals surface area contributed by atoms with Crippen molar-refractivity contribution in [1.82, 2.24) is 0 Å². The van der Waals surface area contributed by atoms with Crippen LogP contribution in [0.3, 0.4) is 0 Å². The number of hydrogen-bond donors (Lipinski definition) is 0. The van der Waals surface area contributed by atoms with Crippen LogP contribution >= 0.6 is 0 Å². The number of benzene rings is 2. The van der Waals surface area contributed by atoms with Gasteiger partial charge in [0.25, 0.3) is 0 Å². The van der Waals surface area contributed by atoms with Gasteiger partial charge in [0, 0.05) is 0 Å². The lowest BCUT2D eigenvalue weighted by molar-refractivity contribution is 0.415. The normalized spacial score (nSPS) is 10.8. The Morgan fingerprint density at radius 1 is 1.06 bits per heavy atom. The fourth-order valence-corrected chi connectivity index (χ4v) is 1.89. The van der Waals surface area contributed by atoms with Gasteiger partial charge in [0.05, 0.1) is 7.11 Å². The largest absolute Gasteiger partial charge is 0.497 e. The number of aryl methyl sites for hydroxylation is 1. The minimum atomic E-state index is 0.894. The summed E-state index contributed by atoms with van der Waals surface area (Å²) in [7, 11) is 1.68. The zero-order valence-corrected chi connectivity index (χ0v) is 10.9. The van der Waals surface area contributed by atoms with E-state index in [1.165, 1.54) is 16.7 Å². The van der Waals surface area contributed by atoms with Gasteiger partial charge < -0.3 is 4.74 Å². The van der Waals surface area contributed by atoms with Crippen molar-refractivity contribution in [1.29, 1.82) is 0 Å². The number of ether oxygens (including phenoxy) is 1. The third kappa shape index (κ3) is 3.49. The highest BCUT2D eigenvalue weighted by Gasteiger charge is 1.92. The van der Waals surface area contributed by atoms with E-state index in [1.807, 2.05) is 12.1 Å². The molecule has 0 amide bonds. The molecule has 18 heavy (non-hydrogen) atoms. The Hall–Kier alpha value is -2.02. The van der Waals surface area contributed by atoms with E-state index in [0.717, 1.165) is 12.2 Å². The molecule has 0 saturated heterocycles. The number of allylic oxidation sites excluding steroid dienone is 1. The van der Waals surface area contributed by atoms with Crippen molar-refractivity contribution in [3.63, 3.8) is 0 Å². The van der Waals surface area contributed by atoms with Crippen LogP contribution in [-0.4, -0.2) is 7.11 Å². The van der Waals surface area contributed by atoms with Crippen LogP contribution in [0.25, 0.3) is 6.08 Å². The smallest absolute Gasteiger partial charge is 0.118 e. The summed E-state index contributed by atoms with van der Waals surface area (Å²) in [6, 6.07) is 16.7. The third-order valence-corrected chi connectivity index (χ3v) is 2.86. The van der Waals surface area contributed by atoms with Gasteiger partial charge in [0.2, 0.25) is 0 Å². The van der Waals surface area contributed by atoms with Crippen LogP contribution in [0.4, 0.5) is 0 Å². The molecule has 2 aromatic carbocycles. The Balaban J connectivity index is 1.98. The highest BCUT2D eigenvalue weighted by atomic mass is 16.5. The summed E-state index contributed by atoms with van der Waals surface area (Å²) >= 11 is 0. The van der Waals surface area contributed by atoms with Crippen LogP contribution in [0.15, 0.2) is 54.6 Å². The highest BCUT2D eigenvalue weighted by molar-refractivity contribution is 5.51. The maximum Gasteiger partial charge on any atom is 0.118 e. The molecule has 0 spiro atoms. The Morgan fingerprint density at radius 3 is 2.50 bits per heavy atom. The molecule has 2 rings (SSSR count). The lowest BCUT2D eigenvalue weighted by atomic mass is 10.1. The van der Waals surface area contributed by atoms with E-state index >= 15 is 0 Å².